The van der Waals surface area contributed by atoms with E-state index in [0.29, 0.717) is 12.0 Å². The number of rotatable bonds is 8. The Balaban J connectivity index is 2.70. The highest BCUT2D eigenvalue weighted by atomic mass is 19.1. The summed E-state index contributed by atoms with van der Waals surface area (Å²) >= 11 is 0. The van der Waals surface area contributed by atoms with Gasteiger partial charge in [-0.3, -0.25) is 9.59 Å². The van der Waals surface area contributed by atoms with Crippen LogP contribution < -0.4 is 5.32 Å². The molecule has 0 aliphatic rings. The smallest absolute Gasteiger partial charge is 0.307 e. The molecule has 21 heavy (non-hydrogen) atoms. The zero-order valence-corrected chi connectivity index (χ0v) is 12.5. The Bertz CT molecular complexity index is 459. The molecule has 0 bridgehead atoms. The van der Waals surface area contributed by atoms with Crippen molar-refractivity contribution in [1.29, 1.82) is 0 Å². The molecule has 0 aromatic heterocycles. The summed E-state index contributed by atoms with van der Waals surface area (Å²) in [6, 6.07) is 5.25. The van der Waals surface area contributed by atoms with E-state index in [1.54, 1.807) is 12.1 Å². The first kappa shape index (κ1) is 17.1. The molecule has 5 heteroatoms. The first-order chi connectivity index (χ1) is 10.1. The fourth-order valence-corrected chi connectivity index (χ4v) is 2.00. The molecule has 1 N–H and O–H groups in total. The molecule has 1 aromatic rings. The van der Waals surface area contributed by atoms with Crippen molar-refractivity contribution in [1.82, 2.24) is 5.32 Å². The lowest BCUT2D eigenvalue weighted by Gasteiger charge is -2.18. The Morgan fingerprint density at radius 2 is 1.90 bits per heavy atom. The van der Waals surface area contributed by atoms with Crippen molar-refractivity contribution in [3.63, 3.8) is 0 Å². The maximum Gasteiger partial charge on any atom is 0.307 e. The monoisotopic (exact) mass is 295 g/mol. The topological polar surface area (TPSA) is 55.4 Å². The number of benzene rings is 1. The van der Waals surface area contributed by atoms with Gasteiger partial charge in [-0.1, -0.05) is 31.9 Å². The van der Waals surface area contributed by atoms with Crippen LogP contribution in [0.25, 0.3) is 0 Å². The molecule has 116 valence electrons. The van der Waals surface area contributed by atoms with Crippen LogP contribution in [-0.4, -0.2) is 19.0 Å². The van der Waals surface area contributed by atoms with Gasteiger partial charge in [-0.25, -0.2) is 4.39 Å². The molecule has 0 saturated carbocycles. The fourth-order valence-electron chi connectivity index (χ4n) is 2.00. The number of unbranched alkanes of at least 4 members (excludes halogenated alkanes) is 2. The van der Waals surface area contributed by atoms with E-state index in [1.165, 1.54) is 19.2 Å². The van der Waals surface area contributed by atoms with Gasteiger partial charge in [-0.05, 0) is 24.1 Å². The Morgan fingerprint density at radius 3 is 2.48 bits per heavy atom. The van der Waals surface area contributed by atoms with Crippen molar-refractivity contribution < 1.29 is 18.7 Å². The Kier molecular flexibility index (Phi) is 7.43. The third-order valence-electron chi connectivity index (χ3n) is 3.21. The number of carbonyl (C=O) groups excluding carboxylic acids is 2. The first-order valence-corrected chi connectivity index (χ1v) is 7.18. The van der Waals surface area contributed by atoms with Crippen LogP contribution in [-0.2, 0) is 14.3 Å². The number of ether oxygens (including phenoxy) is 1. The van der Waals surface area contributed by atoms with Crippen LogP contribution in [0.3, 0.4) is 0 Å². The van der Waals surface area contributed by atoms with Gasteiger partial charge in [-0.15, -0.1) is 0 Å². The van der Waals surface area contributed by atoms with Gasteiger partial charge in [0.25, 0.3) is 0 Å². The van der Waals surface area contributed by atoms with Crippen molar-refractivity contribution in [2.45, 2.75) is 45.1 Å². The maximum atomic E-state index is 13.0. The number of amides is 1. The van der Waals surface area contributed by atoms with Crippen molar-refractivity contribution in [2.24, 2.45) is 0 Å². The average Bonchev–Trinajstić information content (AvgIpc) is 2.47. The highest BCUT2D eigenvalue weighted by Crippen LogP contribution is 2.18. The number of halogens is 1. The van der Waals surface area contributed by atoms with Gasteiger partial charge < -0.3 is 10.1 Å². The third-order valence-corrected chi connectivity index (χ3v) is 3.21. The van der Waals surface area contributed by atoms with Crippen molar-refractivity contribution >= 4 is 11.9 Å². The number of nitrogens with one attached hydrogen (secondary N) is 1. The Morgan fingerprint density at radius 1 is 1.24 bits per heavy atom. The van der Waals surface area contributed by atoms with Gasteiger partial charge in [-0.2, -0.15) is 0 Å². The molecule has 1 rings (SSSR count). The number of hydrogen-bond donors (Lipinski definition) is 1. The molecule has 0 aliphatic heterocycles. The molecule has 0 saturated heterocycles. The summed E-state index contributed by atoms with van der Waals surface area (Å²) in [5.41, 5.74) is 0.686. The minimum atomic E-state index is -0.493. The van der Waals surface area contributed by atoms with Gasteiger partial charge in [0.05, 0.1) is 19.6 Å². The van der Waals surface area contributed by atoms with Crippen molar-refractivity contribution in [3.8, 4) is 0 Å². The lowest BCUT2D eigenvalue weighted by molar-refractivity contribution is -0.141. The van der Waals surface area contributed by atoms with E-state index in [1.807, 2.05) is 0 Å². The summed E-state index contributed by atoms with van der Waals surface area (Å²) < 4.78 is 17.6. The predicted octanol–water partition coefficient (Wildman–Crippen LogP) is 3.13. The second-order valence-electron chi connectivity index (χ2n) is 4.91. The van der Waals surface area contributed by atoms with Gasteiger partial charge in [0, 0.05) is 6.42 Å². The molecule has 0 fully saturated rings. The van der Waals surface area contributed by atoms with E-state index < -0.39 is 12.0 Å². The second kappa shape index (κ2) is 9.10. The number of carbonyl (C=O) groups is 2. The van der Waals surface area contributed by atoms with E-state index in [4.69, 9.17) is 0 Å². The SMILES string of the molecule is CCCCCC(=O)N[C@@H](CC(=O)OC)c1ccc(F)cc1. The van der Waals surface area contributed by atoms with Gasteiger partial charge in [0.1, 0.15) is 5.82 Å². The molecule has 0 spiro atoms. The van der Waals surface area contributed by atoms with E-state index in [2.05, 4.69) is 17.0 Å². The zero-order chi connectivity index (χ0) is 15.7. The van der Waals surface area contributed by atoms with E-state index in [0.717, 1.165) is 19.3 Å². The summed E-state index contributed by atoms with van der Waals surface area (Å²) in [5.74, 6) is -0.885. The summed E-state index contributed by atoms with van der Waals surface area (Å²) in [7, 11) is 1.30. The van der Waals surface area contributed by atoms with Crippen LogP contribution in [0.1, 0.15) is 50.6 Å². The molecule has 1 atom stereocenters. The summed E-state index contributed by atoms with van der Waals surface area (Å²) in [5, 5.41) is 2.81. The fraction of sp³-hybridized carbons (Fsp3) is 0.500. The summed E-state index contributed by atoms with van der Waals surface area (Å²) in [4.78, 5) is 23.4. The van der Waals surface area contributed by atoms with Crippen molar-refractivity contribution in [2.75, 3.05) is 7.11 Å². The van der Waals surface area contributed by atoms with E-state index in [-0.39, 0.29) is 18.1 Å². The minimum Gasteiger partial charge on any atom is -0.469 e. The molecule has 0 heterocycles. The number of methoxy groups -OCH3 is 1. The molecular formula is C16H22FNO3. The molecule has 0 unspecified atom stereocenters. The Hall–Kier alpha value is -1.91. The molecular weight excluding hydrogens is 273 g/mol. The largest absolute Gasteiger partial charge is 0.469 e. The number of hydrogen-bond acceptors (Lipinski definition) is 3. The van der Waals surface area contributed by atoms with E-state index in [9.17, 15) is 14.0 Å². The lowest BCUT2D eigenvalue weighted by Crippen LogP contribution is -2.30. The normalized spacial score (nSPS) is 11.8. The third kappa shape index (κ3) is 6.38. The van der Waals surface area contributed by atoms with Crippen LogP contribution in [0.15, 0.2) is 24.3 Å². The van der Waals surface area contributed by atoms with E-state index >= 15 is 0 Å². The minimum absolute atomic E-state index is 0.0294. The average molecular weight is 295 g/mol. The highest BCUT2D eigenvalue weighted by molar-refractivity contribution is 5.78. The molecule has 0 radical (unpaired) electrons. The van der Waals surface area contributed by atoms with Crippen LogP contribution in [0.2, 0.25) is 0 Å². The molecule has 0 aliphatic carbocycles. The number of esters is 1. The molecule has 1 amide bonds. The van der Waals surface area contributed by atoms with Crippen LogP contribution >= 0.6 is 0 Å². The zero-order valence-electron chi connectivity index (χ0n) is 12.5. The second-order valence-corrected chi connectivity index (χ2v) is 4.91. The molecule has 4 nitrogen and oxygen atoms in total. The van der Waals surface area contributed by atoms with Gasteiger partial charge in [0.15, 0.2) is 0 Å². The van der Waals surface area contributed by atoms with Crippen LogP contribution in [0.5, 0.6) is 0 Å². The Labute approximate surface area is 124 Å². The predicted molar refractivity (Wildman–Crippen MR) is 78.1 cm³/mol. The van der Waals surface area contributed by atoms with Gasteiger partial charge in [0.2, 0.25) is 5.91 Å². The van der Waals surface area contributed by atoms with Gasteiger partial charge >= 0.3 is 5.97 Å². The molecule has 1 aromatic carbocycles. The maximum absolute atomic E-state index is 13.0. The van der Waals surface area contributed by atoms with Crippen molar-refractivity contribution in [3.05, 3.63) is 35.6 Å². The van der Waals surface area contributed by atoms with Crippen LogP contribution in [0.4, 0.5) is 4.39 Å². The lowest BCUT2D eigenvalue weighted by atomic mass is 10.0. The summed E-state index contributed by atoms with van der Waals surface area (Å²) in [6.45, 7) is 2.07. The standard InChI is InChI=1S/C16H22FNO3/c1-3-4-5-6-15(19)18-14(11-16(20)21-2)12-7-9-13(17)10-8-12/h7-10,14H,3-6,11H2,1-2H3,(H,18,19)/t14-/m0/s1. The van der Waals surface area contributed by atoms with Crippen LogP contribution in [0, 0.1) is 5.82 Å². The summed E-state index contributed by atoms with van der Waals surface area (Å²) in [6.07, 6.45) is 3.30. The first-order valence-electron chi connectivity index (χ1n) is 7.18. The quantitative estimate of drug-likeness (QED) is 0.592. The highest BCUT2D eigenvalue weighted by Gasteiger charge is 2.18.